The van der Waals surface area contributed by atoms with Gasteiger partial charge in [-0.3, -0.25) is 0 Å². The molecule has 1 nitrogen and oxygen atoms in total. The lowest BCUT2D eigenvalue weighted by Crippen LogP contribution is -2.16. The summed E-state index contributed by atoms with van der Waals surface area (Å²) in [5.41, 5.74) is 2.34. The summed E-state index contributed by atoms with van der Waals surface area (Å²) in [5.74, 6) is 0. The zero-order valence-electron chi connectivity index (χ0n) is 7.42. The Balaban J connectivity index is 2.83. The first-order valence-corrected chi connectivity index (χ1v) is 4.42. The third kappa shape index (κ3) is 2.62. The molecule has 2 heteroatoms. The topological polar surface area (TPSA) is 12.0 Å². The summed E-state index contributed by atoms with van der Waals surface area (Å²) in [7, 11) is 0. The molecule has 12 heavy (non-hydrogen) atoms. The van der Waals surface area contributed by atoms with Gasteiger partial charge in [0.05, 0.1) is 4.99 Å². The smallest absolute Gasteiger partial charge is 0.0765 e. The van der Waals surface area contributed by atoms with E-state index in [-0.39, 0.29) is 0 Å². The van der Waals surface area contributed by atoms with Crippen LogP contribution in [0.15, 0.2) is 35.6 Å². The molecule has 1 rings (SSSR count). The second-order valence-electron chi connectivity index (χ2n) is 2.82. The lowest BCUT2D eigenvalue weighted by atomic mass is 10.2. The van der Waals surface area contributed by atoms with E-state index < -0.39 is 0 Å². The number of thiocarbonyl (C=S) groups is 1. The van der Waals surface area contributed by atoms with Gasteiger partial charge in [0, 0.05) is 5.70 Å². The Morgan fingerprint density at radius 1 is 1.42 bits per heavy atom. The Morgan fingerprint density at radius 2 is 2.08 bits per heavy atom. The van der Waals surface area contributed by atoms with Crippen LogP contribution in [0.25, 0.3) is 0 Å². The Bertz CT molecular complexity index is 272. The van der Waals surface area contributed by atoms with Crippen LogP contribution in [0.3, 0.4) is 0 Å². The number of nitrogens with one attached hydrogen (secondary N) is 1. The van der Waals surface area contributed by atoms with E-state index in [0.29, 0.717) is 0 Å². The van der Waals surface area contributed by atoms with Crippen molar-refractivity contribution in [2.24, 2.45) is 0 Å². The highest BCUT2D eigenvalue weighted by molar-refractivity contribution is 7.80. The van der Waals surface area contributed by atoms with Gasteiger partial charge in [0.1, 0.15) is 0 Å². The molecule has 0 atom stereocenters. The second kappa shape index (κ2) is 4.21. The third-order valence-corrected chi connectivity index (χ3v) is 1.76. The van der Waals surface area contributed by atoms with Crippen molar-refractivity contribution in [1.82, 2.24) is 5.32 Å². The van der Waals surface area contributed by atoms with Gasteiger partial charge < -0.3 is 5.32 Å². The molecule has 1 N–H and O–H groups in total. The minimum atomic E-state index is 0.810. The summed E-state index contributed by atoms with van der Waals surface area (Å²) >= 11 is 4.97. The summed E-state index contributed by atoms with van der Waals surface area (Å²) in [6.07, 6.45) is 9.44. The van der Waals surface area contributed by atoms with Crippen LogP contribution in [-0.4, -0.2) is 4.99 Å². The molecule has 0 radical (unpaired) electrons. The molecule has 64 valence electrons. The molecule has 1 aliphatic rings. The van der Waals surface area contributed by atoms with E-state index in [4.69, 9.17) is 12.2 Å². The van der Waals surface area contributed by atoms with E-state index in [9.17, 15) is 0 Å². The molecule has 0 saturated heterocycles. The standard InChI is InChI=1S/C10H13NS/c1-8-6-4-3-5-7-10(8)11-9(2)12/h4-7H,3H2,1-2H3,(H,11,12). The van der Waals surface area contributed by atoms with Gasteiger partial charge in [-0.2, -0.15) is 0 Å². The molecule has 0 bridgehead atoms. The fourth-order valence-corrected chi connectivity index (χ4v) is 1.17. The molecule has 0 aromatic carbocycles. The Hall–Kier alpha value is -0.890. The number of allylic oxidation sites excluding steroid dienone is 5. The Morgan fingerprint density at radius 3 is 2.75 bits per heavy atom. The van der Waals surface area contributed by atoms with Gasteiger partial charge in [0.15, 0.2) is 0 Å². The van der Waals surface area contributed by atoms with Crippen LogP contribution < -0.4 is 5.32 Å². The monoisotopic (exact) mass is 179 g/mol. The van der Waals surface area contributed by atoms with Gasteiger partial charge in [0.25, 0.3) is 0 Å². The van der Waals surface area contributed by atoms with E-state index in [2.05, 4.69) is 36.5 Å². The van der Waals surface area contributed by atoms with Crippen molar-refractivity contribution >= 4 is 17.2 Å². The average molecular weight is 179 g/mol. The molecular weight excluding hydrogens is 166 g/mol. The van der Waals surface area contributed by atoms with Gasteiger partial charge in [-0.1, -0.05) is 30.4 Å². The molecule has 0 amide bonds. The number of hydrogen-bond acceptors (Lipinski definition) is 1. The minimum Gasteiger partial charge on any atom is -0.350 e. The average Bonchev–Trinajstić information content (AvgIpc) is 2.16. The first-order chi connectivity index (χ1) is 5.70. The van der Waals surface area contributed by atoms with E-state index >= 15 is 0 Å². The Kier molecular flexibility index (Phi) is 3.23. The molecule has 0 aromatic heterocycles. The second-order valence-corrected chi connectivity index (χ2v) is 3.43. The number of rotatable bonds is 1. The quantitative estimate of drug-likeness (QED) is 0.621. The fourth-order valence-electron chi connectivity index (χ4n) is 1.06. The summed E-state index contributed by atoms with van der Waals surface area (Å²) in [5, 5.41) is 3.14. The normalized spacial score (nSPS) is 16.2. The minimum absolute atomic E-state index is 0.810. The van der Waals surface area contributed by atoms with Crippen LogP contribution in [0, 0.1) is 0 Å². The predicted octanol–water partition coefficient (Wildman–Crippen LogP) is 2.71. The molecule has 0 heterocycles. The summed E-state index contributed by atoms with van der Waals surface area (Å²) in [6, 6.07) is 0. The van der Waals surface area contributed by atoms with Crippen molar-refractivity contribution in [3.05, 3.63) is 35.6 Å². The molecule has 0 fully saturated rings. The van der Waals surface area contributed by atoms with Crippen LogP contribution in [0.1, 0.15) is 20.3 Å². The van der Waals surface area contributed by atoms with Gasteiger partial charge in [-0.15, -0.1) is 0 Å². The summed E-state index contributed by atoms with van der Waals surface area (Å²) in [4.78, 5) is 0.810. The van der Waals surface area contributed by atoms with Crippen LogP contribution in [0.5, 0.6) is 0 Å². The molecule has 1 aliphatic carbocycles. The van der Waals surface area contributed by atoms with Gasteiger partial charge in [0.2, 0.25) is 0 Å². The first-order valence-electron chi connectivity index (χ1n) is 4.01. The van der Waals surface area contributed by atoms with E-state index in [1.54, 1.807) is 0 Å². The van der Waals surface area contributed by atoms with Gasteiger partial charge >= 0.3 is 0 Å². The van der Waals surface area contributed by atoms with E-state index in [1.165, 1.54) is 5.57 Å². The maximum atomic E-state index is 4.97. The van der Waals surface area contributed by atoms with Crippen molar-refractivity contribution in [1.29, 1.82) is 0 Å². The highest BCUT2D eigenvalue weighted by Crippen LogP contribution is 2.09. The van der Waals surface area contributed by atoms with Crippen molar-refractivity contribution in [3.8, 4) is 0 Å². The molecule has 0 aromatic rings. The van der Waals surface area contributed by atoms with E-state index in [0.717, 1.165) is 17.1 Å². The SMILES string of the molecule is CC(=S)NC1=C(C)C=CCC=C1. The van der Waals surface area contributed by atoms with Crippen LogP contribution in [-0.2, 0) is 0 Å². The zero-order chi connectivity index (χ0) is 8.97. The Labute approximate surface area is 78.9 Å². The van der Waals surface area contributed by atoms with Gasteiger partial charge in [-0.05, 0) is 31.9 Å². The lowest BCUT2D eigenvalue weighted by Gasteiger charge is -2.06. The molecule has 0 saturated carbocycles. The lowest BCUT2D eigenvalue weighted by molar-refractivity contribution is 1.16. The first kappa shape index (κ1) is 9.20. The molecular formula is C10H13NS. The summed E-state index contributed by atoms with van der Waals surface area (Å²) < 4.78 is 0. The van der Waals surface area contributed by atoms with Crippen LogP contribution in [0.4, 0.5) is 0 Å². The highest BCUT2D eigenvalue weighted by atomic mass is 32.1. The maximum Gasteiger partial charge on any atom is 0.0765 e. The predicted molar refractivity (Wildman–Crippen MR) is 57.0 cm³/mol. The van der Waals surface area contributed by atoms with Crippen LogP contribution in [0.2, 0.25) is 0 Å². The van der Waals surface area contributed by atoms with E-state index in [1.807, 2.05) is 6.92 Å². The summed E-state index contributed by atoms with van der Waals surface area (Å²) in [6.45, 7) is 3.96. The number of hydrogen-bond donors (Lipinski definition) is 1. The maximum absolute atomic E-state index is 4.97. The van der Waals surface area contributed by atoms with Crippen molar-refractivity contribution in [3.63, 3.8) is 0 Å². The van der Waals surface area contributed by atoms with Crippen molar-refractivity contribution in [2.45, 2.75) is 20.3 Å². The van der Waals surface area contributed by atoms with Crippen molar-refractivity contribution < 1.29 is 0 Å². The molecule has 0 unspecified atom stereocenters. The van der Waals surface area contributed by atoms with Crippen molar-refractivity contribution in [2.75, 3.05) is 0 Å². The highest BCUT2D eigenvalue weighted by Gasteiger charge is 1.98. The molecule has 0 spiro atoms. The fraction of sp³-hybridized carbons (Fsp3) is 0.300. The van der Waals surface area contributed by atoms with Crippen LogP contribution >= 0.6 is 12.2 Å². The largest absolute Gasteiger partial charge is 0.350 e. The zero-order valence-corrected chi connectivity index (χ0v) is 8.24. The van der Waals surface area contributed by atoms with Gasteiger partial charge in [-0.25, -0.2) is 0 Å². The third-order valence-electron chi connectivity index (χ3n) is 1.66. The molecule has 0 aliphatic heterocycles.